The summed E-state index contributed by atoms with van der Waals surface area (Å²) in [5.41, 5.74) is 6.20. The lowest BCUT2D eigenvalue weighted by atomic mass is 9.89. The van der Waals surface area contributed by atoms with Crippen LogP contribution < -0.4 is 11.4 Å². The number of benzene rings is 1. The third-order valence-electron chi connectivity index (χ3n) is 7.10. The number of hydrogen-bond donors (Lipinski definition) is 1. The number of furan rings is 1. The van der Waals surface area contributed by atoms with Crippen LogP contribution in [0.2, 0.25) is 0 Å². The van der Waals surface area contributed by atoms with Crippen LogP contribution in [-0.4, -0.2) is 59.4 Å². The second kappa shape index (κ2) is 9.52. The lowest BCUT2D eigenvalue weighted by Crippen LogP contribution is -2.37. The molecule has 0 atom stereocenters. The summed E-state index contributed by atoms with van der Waals surface area (Å²) in [7, 11) is 0. The van der Waals surface area contributed by atoms with Crippen molar-refractivity contribution in [2.24, 2.45) is 0 Å². The number of fused-ring (bicyclic) bond motifs is 3. The number of aromatic nitrogens is 6. The van der Waals surface area contributed by atoms with E-state index >= 15 is 0 Å². The zero-order chi connectivity index (χ0) is 27.3. The maximum Gasteiger partial charge on any atom is 0.406 e. The van der Waals surface area contributed by atoms with E-state index in [0.29, 0.717) is 22.8 Å². The first-order valence-electron chi connectivity index (χ1n) is 12.4. The number of alkyl halides is 3. The summed E-state index contributed by atoms with van der Waals surface area (Å²) in [5, 5.41) is 4.23. The Labute approximate surface area is 218 Å². The minimum atomic E-state index is -4.66. The largest absolute Gasteiger partial charge is 0.461 e. The van der Waals surface area contributed by atoms with E-state index in [-0.39, 0.29) is 40.9 Å². The van der Waals surface area contributed by atoms with Gasteiger partial charge in [-0.25, -0.2) is 14.2 Å². The molecule has 14 heteroatoms. The molecule has 0 unspecified atom stereocenters. The molecule has 1 aliphatic rings. The molecule has 2 N–H and O–H groups in total. The highest BCUT2D eigenvalue weighted by Crippen LogP contribution is 2.29. The summed E-state index contributed by atoms with van der Waals surface area (Å²) in [5.74, 6) is 0.287. The van der Waals surface area contributed by atoms with Crippen molar-refractivity contribution in [2.75, 3.05) is 25.4 Å². The molecule has 1 aliphatic heterocycles. The van der Waals surface area contributed by atoms with Gasteiger partial charge in [-0.1, -0.05) is 12.1 Å². The van der Waals surface area contributed by atoms with Gasteiger partial charge in [0.15, 0.2) is 17.1 Å². The van der Waals surface area contributed by atoms with Crippen LogP contribution in [0.4, 0.5) is 23.5 Å². The lowest BCUT2D eigenvalue weighted by molar-refractivity contribution is -0.140. The summed E-state index contributed by atoms with van der Waals surface area (Å²) in [6, 6.07) is 9.72. The molecule has 0 radical (unpaired) electrons. The molecular formula is C25H24F4N8O2. The fourth-order valence-electron chi connectivity index (χ4n) is 5.20. The number of nitrogens with two attached hydrogens (primary N) is 1. The lowest BCUT2D eigenvalue weighted by Gasteiger charge is -2.32. The second-order valence-corrected chi connectivity index (χ2v) is 9.59. The van der Waals surface area contributed by atoms with Gasteiger partial charge in [-0.15, -0.1) is 5.10 Å². The van der Waals surface area contributed by atoms with Crippen LogP contribution >= 0.6 is 0 Å². The molecule has 1 fully saturated rings. The quantitative estimate of drug-likeness (QED) is 0.325. The number of likely N-dealkylation sites (tertiary alicyclic amines) is 1. The summed E-state index contributed by atoms with van der Waals surface area (Å²) in [6.45, 7) is 0.493. The van der Waals surface area contributed by atoms with Crippen LogP contribution in [0.15, 0.2) is 51.9 Å². The minimum Gasteiger partial charge on any atom is -0.461 e. The third-order valence-corrected chi connectivity index (χ3v) is 7.10. The van der Waals surface area contributed by atoms with Crippen LogP contribution in [0.25, 0.3) is 28.4 Å². The van der Waals surface area contributed by atoms with Gasteiger partial charge in [0.2, 0.25) is 11.8 Å². The monoisotopic (exact) mass is 544 g/mol. The van der Waals surface area contributed by atoms with E-state index in [1.807, 2.05) is 0 Å². The third kappa shape index (κ3) is 4.75. The van der Waals surface area contributed by atoms with E-state index in [1.165, 1.54) is 23.0 Å². The van der Waals surface area contributed by atoms with Crippen LogP contribution in [0.1, 0.15) is 24.3 Å². The second-order valence-electron chi connectivity index (χ2n) is 9.59. The van der Waals surface area contributed by atoms with Crippen molar-refractivity contribution in [3.63, 3.8) is 0 Å². The van der Waals surface area contributed by atoms with E-state index in [4.69, 9.17) is 10.2 Å². The van der Waals surface area contributed by atoms with Gasteiger partial charge in [-0.2, -0.15) is 22.7 Å². The number of nitrogen functional groups attached to an aromatic ring is 1. The molecule has 5 heterocycles. The van der Waals surface area contributed by atoms with Crippen LogP contribution in [0, 0.1) is 5.82 Å². The molecule has 6 rings (SSSR count). The SMILES string of the molecule is Nc1nc2c(c3nc(-c4ccco4)nn13)n(CC(F)(F)F)c(=O)n2CCN1CCC(c2ccc(F)cc2)CC1. The van der Waals surface area contributed by atoms with Crippen molar-refractivity contribution in [3.8, 4) is 11.6 Å². The molecular weight excluding hydrogens is 520 g/mol. The van der Waals surface area contributed by atoms with Gasteiger partial charge in [0.1, 0.15) is 17.9 Å². The molecule has 0 aliphatic carbocycles. The van der Waals surface area contributed by atoms with Crippen molar-refractivity contribution in [1.29, 1.82) is 0 Å². The van der Waals surface area contributed by atoms with E-state index < -0.39 is 18.4 Å². The van der Waals surface area contributed by atoms with Crippen LogP contribution in [0.3, 0.4) is 0 Å². The predicted molar refractivity (Wildman–Crippen MR) is 134 cm³/mol. The zero-order valence-corrected chi connectivity index (χ0v) is 20.6. The Morgan fingerprint density at radius 2 is 1.74 bits per heavy atom. The smallest absolute Gasteiger partial charge is 0.406 e. The fourth-order valence-corrected chi connectivity index (χ4v) is 5.20. The molecule has 0 amide bonds. The average molecular weight is 545 g/mol. The highest BCUT2D eigenvalue weighted by Gasteiger charge is 2.33. The Bertz CT molecular complexity index is 1680. The van der Waals surface area contributed by atoms with E-state index in [9.17, 15) is 22.4 Å². The Kier molecular flexibility index (Phi) is 6.13. The highest BCUT2D eigenvalue weighted by atomic mass is 19.4. The number of anilines is 1. The van der Waals surface area contributed by atoms with Crippen molar-refractivity contribution < 1.29 is 22.0 Å². The molecule has 0 bridgehead atoms. The highest BCUT2D eigenvalue weighted by molar-refractivity contribution is 5.88. The number of hydrogen-bond acceptors (Lipinski definition) is 7. The number of rotatable bonds is 6. The molecule has 10 nitrogen and oxygen atoms in total. The first-order valence-corrected chi connectivity index (χ1v) is 12.4. The maximum absolute atomic E-state index is 13.5. The maximum atomic E-state index is 13.5. The summed E-state index contributed by atoms with van der Waals surface area (Å²) in [6.07, 6.45) is -1.56. The summed E-state index contributed by atoms with van der Waals surface area (Å²) >= 11 is 0. The number of halogens is 4. The van der Waals surface area contributed by atoms with Crippen molar-refractivity contribution in [2.45, 2.75) is 38.0 Å². The van der Waals surface area contributed by atoms with E-state index in [0.717, 1.165) is 36.0 Å². The number of nitrogens with zero attached hydrogens (tertiary/aromatic N) is 7. The van der Waals surface area contributed by atoms with E-state index in [1.54, 1.807) is 24.3 Å². The van der Waals surface area contributed by atoms with Gasteiger partial charge in [0, 0.05) is 13.1 Å². The Morgan fingerprint density at radius 1 is 1.00 bits per heavy atom. The molecule has 1 aromatic carbocycles. The molecule has 204 valence electrons. The fraction of sp³-hybridized carbons (Fsp3) is 0.360. The predicted octanol–water partition coefficient (Wildman–Crippen LogP) is 3.66. The normalized spacial score (nSPS) is 15.6. The average Bonchev–Trinajstić information content (AvgIpc) is 3.63. The first-order chi connectivity index (χ1) is 18.7. The first kappa shape index (κ1) is 25.1. The van der Waals surface area contributed by atoms with Gasteiger partial charge >= 0.3 is 11.9 Å². The standard InChI is InChI=1S/C25H24F4N8O2/c26-17-5-3-15(4-6-17)16-7-9-34(10-8-16)11-12-35-21-19(36(24(35)38)14-25(27,28)29)22-31-20(18-2-1-13-39-18)33-37(22)23(30)32-21/h1-6,13,16H,7-12,14H2,(H2,30,32). The zero-order valence-electron chi connectivity index (χ0n) is 20.6. The molecule has 4 aromatic heterocycles. The Balaban J connectivity index is 1.31. The van der Waals surface area contributed by atoms with Gasteiger partial charge in [0.25, 0.3) is 0 Å². The number of piperidine rings is 1. The van der Waals surface area contributed by atoms with Crippen LogP contribution in [0.5, 0.6) is 0 Å². The summed E-state index contributed by atoms with van der Waals surface area (Å²) in [4.78, 5) is 24.1. The molecule has 1 saturated heterocycles. The van der Waals surface area contributed by atoms with Crippen molar-refractivity contribution >= 4 is 22.8 Å². The molecule has 0 spiro atoms. The van der Waals surface area contributed by atoms with Gasteiger partial charge in [-0.05, 0) is 61.7 Å². The summed E-state index contributed by atoms with van der Waals surface area (Å²) < 4.78 is 62.1. The minimum absolute atomic E-state index is 0.00819. The van der Waals surface area contributed by atoms with E-state index in [2.05, 4.69) is 20.0 Å². The molecule has 5 aromatic rings. The van der Waals surface area contributed by atoms with Gasteiger partial charge in [0.05, 0.1) is 6.26 Å². The van der Waals surface area contributed by atoms with Crippen LogP contribution in [-0.2, 0) is 13.1 Å². The topological polar surface area (TPSA) is 112 Å². The molecule has 0 saturated carbocycles. The van der Waals surface area contributed by atoms with Gasteiger partial charge in [-0.3, -0.25) is 9.13 Å². The Hall–Kier alpha value is -4.20. The van der Waals surface area contributed by atoms with Crippen molar-refractivity contribution in [1.82, 2.24) is 33.6 Å². The Morgan fingerprint density at radius 3 is 2.41 bits per heavy atom. The van der Waals surface area contributed by atoms with Gasteiger partial charge < -0.3 is 15.1 Å². The number of imidazole rings is 1. The van der Waals surface area contributed by atoms with Crippen molar-refractivity contribution in [3.05, 3.63) is 64.5 Å². The molecule has 39 heavy (non-hydrogen) atoms.